The minimum atomic E-state index is -2.91. The van der Waals surface area contributed by atoms with Crippen LogP contribution < -0.4 is 15.7 Å². The minimum absolute atomic E-state index is 0.400. The first-order valence-corrected chi connectivity index (χ1v) is 7.15. The zero-order valence-electron chi connectivity index (χ0n) is 13.1. The van der Waals surface area contributed by atoms with Crippen LogP contribution >= 0.6 is 0 Å². The number of carbonyl (C=O) groups is 3. The fourth-order valence-electron chi connectivity index (χ4n) is 2.39. The van der Waals surface area contributed by atoms with E-state index in [-0.39, 0.29) is 0 Å². The second-order valence-corrected chi connectivity index (χ2v) is 5.65. The van der Waals surface area contributed by atoms with Crippen molar-refractivity contribution < 1.29 is 44.7 Å². The second-order valence-electron chi connectivity index (χ2n) is 5.65. The predicted octanol–water partition coefficient (Wildman–Crippen LogP) is -5.06. The molecule has 0 saturated carbocycles. The van der Waals surface area contributed by atoms with Crippen molar-refractivity contribution in [3.05, 3.63) is 0 Å². The summed E-state index contributed by atoms with van der Waals surface area (Å²) in [6.07, 6.45) is -7.55. The number of rotatable bonds is 6. The Kier molecular flexibility index (Phi) is 6.63. The van der Waals surface area contributed by atoms with Gasteiger partial charge in [0.2, 0.25) is 17.6 Å². The van der Waals surface area contributed by atoms with E-state index in [1.807, 2.05) is 0 Å². The number of aliphatic hydroxyl groups excluding tert-OH is 3. The molecular weight excluding hydrogens is 328 g/mol. The van der Waals surface area contributed by atoms with E-state index >= 15 is 0 Å². The van der Waals surface area contributed by atoms with Crippen LogP contribution in [0.2, 0.25) is 0 Å². The highest BCUT2D eigenvalue weighted by Gasteiger charge is 2.50. The van der Waals surface area contributed by atoms with Gasteiger partial charge in [-0.15, -0.1) is 0 Å². The average molecular weight is 349 g/mol. The van der Waals surface area contributed by atoms with Crippen LogP contribution in [0.1, 0.15) is 20.3 Å². The normalized spacial score (nSPS) is 32.5. The van der Waals surface area contributed by atoms with E-state index in [0.717, 1.165) is 6.92 Å². The van der Waals surface area contributed by atoms with E-state index < -0.39 is 67.0 Å². The summed E-state index contributed by atoms with van der Waals surface area (Å²) in [4.78, 5) is 33.1. The maximum atomic E-state index is 11.2. The summed E-state index contributed by atoms with van der Waals surface area (Å²) in [6.45, 7) is 1.89. The van der Waals surface area contributed by atoms with Crippen LogP contribution in [0.25, 0.3) is 0 Å². The monoisotopic (exact) mass is 349 g/mol. The van der Waals surface area contributed by atoms with Crippen molar-refractivity contribution in [2.24, 2.45) is 0 Å². The van der Waals surface area contributed by atoms with Gasteiger partial charge in [-0.2, -0.15) is 0 Å². The molecule has 0 spiro atoms. The molecule has 1 rings (SSSR count). The van der Waals surface area contributed by atoms with Crippen molar-refractivity contribution >= 4 is 17.8 Å². The molecule has 11 heteroatoms. The molecule has 1 fully saturated rings. The molecule has 1 heterocycles. The SMILES string of the molecule is CC(=O)NC[C@@H](O)[C@@H](O)C1O[C@](O)(C(=O)[O-])C[C@@H](O)[C@H]1NC(C)=O. The number of aliphatic carboxylic acids is 1. The minimum Gasteiger partial charge on any atom is -0.544 e. The fourth-order valence-corrected chi connectivity index (χ4v) is 2.39. The van der Waals surface area contributed by atoms with Crippen molar-refractivity contribution in [3.8, 4) is 0 Å². The van der Waals surface area contributed by atoms with Crippen molar-refractivity contribution in [1.29, 1.82) is 0 Å². The first kappa shape index (κ1) is 20.3. The molecule has 138 valence electrons. The molecular formula is C13H21N2O9-. The Hall–Kier alpha value is -1.79. The van der Waals surface area contributed by atoms with Crippen LogP contribution in [-0.2, 0) is 19.1 Å². The van der Waals surface area contributed by atoms with Crippen LogP contribution in [-0.4, -0.2) is 81.0 Å². The van der Waals surface area contributed by atoms with E-state index in [4.69, 9.17) is 4.74 Å². The number of carboxylic acids is 1. The average Bonchev–Trinajstić information content (AvgIpc) is 2.46. The zero-order chi connectivity index (χ0) is 18.7. The lowest BCUT2D eigenvalue weighted by molar-refractivity contribution is -0.373. The van der Waals surface area contributed by atoms with Gasteiger partial charge in [-0.05, 0) is 0 Å². The van der Waals surface area contributed by atoms with Crippen LogP contribution in [0, 0.1) is 0 Å². The van der Waals surface area contributed by atoms with Crippen molar-refractivity contribution in [2.75, 3.05) is 6.54 Å². The van der Waals surface area contributed by atoms with E-state index in [0.29, 0.717) is 0 Å². The predicted molar refractivity (Wildman–Crippen MR) is 73.8 cm³/mol. The Labute approximate surface area is 137 Å². The highest BCUT2D eigenvalue weighted by Crippen LogP contribution is 2.30. The van der Waals surface area contributed by atoms with Gasteiger partial charge in [-0.1, -0.05) is 0 Å². The van der Waals surface area contributed by atoms with E-state index in [1.165, 1.54) is 6.92 Å². The molecule has 1 aliphatic rings. The molecule has 24 heavy (non-hydrogen) atoms. The highest BCUT2D eigenvalue weighted by molar-refractivity contribution is 5.75. The number of aliphatic hydroxyl groups is 4. The van der Waals surface area contributed by atoms with Crippen LogP contribution in [0.15, 0.2) is 0 Å². The number of nitrogens with one attached hydrogen (secondary N) is 2. The van der Waals surface area contributed by atoms with Crippen LogP contribution in [0.5, 0.6) is 0 Å². The summed E-state index contributed by atoms with van der Waals surface area (Å²) in [7, 11) is 0. The van der Waals surface area contributed by atoms with E-state index in [9.17, 15) is 39.9 Å². The van der Waals surface area contributed by atoms with Gasteiger partial charge in [-0.25, -0.2) is 0 Å². The number of amides is 2. The summed E-state index contributed by atoms with van der Waals surface area (Å²) < 4.78 is 4.91. The molecule has 0 aliphatic carbocycles. The molecule has 0 aromatic carbocycles. The van der Waals surface area contributed by atoms with Gasteiger partial charge in [0.25, 0.3) is 0 Å². The van der Waals surface area contributed by atoms with Gasteiger partial charge in [0.1, 0.15) is 18.2 Å². The van der Waals surface area contributed by atoms with Crippen molar-refractivity contribution in [2.45, 2.75) is 56.5 Å². The Morgan fingerprint density at radius 1 is 1.29 bits per heavy atom. The largest absolute Gasteiger partial charge is 0.544 e. The van der Waals surface area contributed by atoms with Gasteiger partial charge >= 0.3 is 0 Å². The van der Waals surface area contributed by atoms with Gasteiger partial charge in [0.05, 0.1) is 18.2 Å². The molecule has 1 saturated heterocycles. The van der Waals surface area contributed by atoms with E-state index in [1.54, 1.807) is 0 Å². The first-order chi connectivity index (χ1) is 11.0. The summed E-state index contributed by atoms with van der Waals surface area (Å²) in [5, 5.41) is 55.4. The second kappa shape index (κ2) is 7.85. The Bertz CT molecular complexity index is 500. The summed E-state index contributed by atoms with van der Waals surface area (Å²) >= 11 is 0. The van der Waals surface area contributed by atoms with E-state index in [2.05, 4.69) is 10.6 Å². The number of carbonyl (C=O) groups excluding carboxylic acids is 3. The van der Waals surface area contributed by atoms with Gasteiger partial charge < -0.3 is 45.7 Å². The smallest absolute Gasteiger partial charge is 0.217 e. The number of ether oxygens (including phenoxy) is 1. The third kappa shape index (κ3) is 4.85. The van der Waals surface area contributed by atoms with Gasteiger partial charge in [-0.3, -0.25) is 9.59 Å². The first-order valence-electron chi connectivity index (χ1n) is 7.15. The Morgan fingerprint density at radius 3 is 2.33 bits per heavy atom. The Balaban J connectivity index is 3.01. The molecule has 11 nitrogen and oxygen atoms in total. The maximum absolute atomic E-state index is 11.2. The summed E-state index contributed by atoms with van der Waals surface area (Å²) in [5.41, 5.74) is 0. The third-order valence-electron chi connectivity index (χ3n) is 3.57. The standard InChI is InChI=1S/C13H22N2O9/c1-5(16)14-4-8(19)10(20)11-9(15-6(2)17)7(18)3-13(23,24-11)12(21)22/h7-11,18-20,23H,3-4H2,1-2H3,(H,14,16)(H,15,17)(H,21,22)/p-1/t7-,8-,9-,10-,11?,13+/m1/s1. The molecule has 0 radical (unpaired) electrons. The Morgan fingerprint density at radius 2 is 1.88 bits per heavy atom. The molecule has 1 aliphatic heterocycles. The lowest BCUT2D eigenvalue weighted by atomic mass is 9.88. The zero-order valence-corrected chi connectivity index (χ0v) is 13.1. The molecule has 0 aromatic heterocycles. The lowest BCUT2D eigenvalue weighted by Gasteiger charge is -2.46. The third-order valence-corrected chi connectivity index (χ3v) is 3.57. The topological polar surface area (TPSA) is 188 Å². The fraction of sp³-hybridized carbons (Fsp3) is 0.769. The quantitative estimate of drug-likeness (QED) is 0.272. The van der Waals surface area contributed by atoms with Crippen molar-refractivity contribution in [1.82, 2.24) is 10.6 Å². The molecule has 2 amide bonds. The molecule has 1 unspecified atom stereocenters. The number of hydrogen-bond donors (Lipinski definition) is 6. The summed E-state index contributed by atoms with van der Waals surface area (Å²) in [5.74, 6) is -6.06. The molecule has 0 aromatic rings. The number of hydrogen-bond acceptors (Lipinski definition) is 9. The lowest BCUT2D eigenvalue weighted by Crippen LogP contribution is -2.69. The molecule has 6 atom stereocenters. The molecule has 0 bridgehead atoms. The highest BCUT2D eigenvalue weighted by atomic mass is 16.7. The summed E-state index contributed by atoms with van der Waals surface area (Å²) in [6, 6.07) is -1.30. The van der Waals surface area contributed by atoms with Gasteiger partial charge in [0.15, 0.2) is 0 Å². The molecule has 6 N–H and O–H groups in total. The van der Waals surface area contributed by atoms with Crippen LogP contribution in [0.4, 0.5) is 0 Å². The van der Waals surface area contributed by atoms with Crippen LogP contribution in [0.3, 0.4) is 0 Å². The number of carboxylic acid groups (broad SMARTS) is 1. The maximum Gasteiger partial charge on any atom is 0.217 e. The van der Waals surface area contributed by atoms with Crippen molar-refractivity contribution in [3.63, 3.8) is 0 Å². The van der Waals surface area contributed by atoms with Gasteiger partial charge in [0, 0.05) is 26.8 Å².